The number of aliphatic imine (C=N–C) groups is 1. The van der Waals surface area contributed by atoms with Crippen molar-refractivity contribution in [1.29, 1.82) is 0 Å². The van der Waals surface area contributed by atoms with Crippen LogP contribution in [0.2, 0.25) is 5.02 Å². The number of ether oxygens (including phenoxy) is 1. The van der Waals surface area contributed by atoms with Crippen LogP contribution in [0.4, 0.5) is 11.4 Å². The van der Waals surface area contributed by atoms with Crippen molar-refractivity contribution in [2.45, 2.75) is 103 Å². The van der Waals surface area contributed by atoms with E-state index in [0.29, 0.717) is 22.9 Å². The molecule has 1 aliphatic heterocycles. The van der Waals surface area contributed by atoms with Crippen molar-refractivity contribution in [3.63, 3.8) is 0 Å². The number of benzene rings is 1. The SMILES string of the molecule is CCCCCCCCCOC1(CCCCCCC)C=Nc2c(Cl)cc(N)c(O)c21.Cl. The van der Waals surface area contributed by atoms with E-state index < -0.39 is 5.60 Å². The van der Waals surface area contributed by atoms with E-state index in [1.165, 1.54) is 57.8 Å². The van der Waals surface area contributed by atoms with Gasteiger partial charge in [-0.2, -0.15) is 0 Å². The van der Waals surface area contributed by atoms with Gasteiger partial charge in [0.25, 0.3) is 0 Å². The second kappa shape index (κ2) is 14.2. The van der Waals surface area contributed by atoms with Crippen molar-refractivity contribution in [1.82, 2.24) is 0 Å². The van der Waals surface area contributed by atoms with Gasteiger partial charge in [0.2, 0.25) is 0 Å². The Morgan fingerprint density at radius 2 is 1.53 bits per heavy atom. The van der Waals surface area contributed by atoms with E-state index in [2.05, 4.69) is 18.8 Å². The second-order valence-corrected chi connectivity index (χ2v) is 8.71. The minimum atomic E-state index is -0.715. The van der Waals surface area contributed by atoms with Gasteiger partial charge in [-0.25, -0.2) is 0 Å². The zero-order valence-corrected chi connectivity index (χ0v) is 20.3. The summed E-state index contributed by atoms with van der Waals surface area (Å²) in [6.07, 6.45) is 17.2. The monoisotopic (exact) mass is 458 g/mol. The van der Waals surface area contributed by atoms with E-state index >= 15 is 0 Å². The summed E-state index contributed by atoms with van der Waals surface area (Å²) >= 11 is 6.36. The molecule has 2 rings (SSSR count). The summed E-state index contributed by atoms with van der Waals surface area (Å²) in [6.45, 7) is 5.11. The number of halogens is 2. The summed E-state index contributed by atoms with van der Waals surface area (Å²) in [7, 11) is 0. The summed E-state index contributed by atoms with van der Waals surface area (Å²) in [5.74, 6) is 0.0648. The number of phenols is 1. The van der Waals surface area contributed by atoms with Gasteiger partial charge in [0.1, 0.15) is 11.4 Å². The largest absolute Gasteiger partial charge is 0.505 e. The Morgan fingerprint density at radius 3 is 2.17 bits per heavy atom. The van der Waals surface area contributed by atoms with Crippen LogP contribution in [0.1, 0.15) is 103 Å². The Morgan fingerprint density at radius 1 is 0.967 bits per heavy atom. The van der Waals surface area contributed by atoms with Crippen LogP contribution < -0.4 is 5.73 Å². The number of unbranched alkanes of at least 4 members (excludes halogenated alkanes) is 10. The molecular weight excluding hydrogens is 419 g/mol. The molecule has 0 aromatic heterocycles. The molecule has 4 nitrogen and oxygen atoms in total. The Balaban J connectivity index is 0.00000450. The van der Waals surface area contributed by atoms with Crippen molar-refractivity contribution >= 4 is 41.6 Å². The first-order chi connectivity index (χ1) is 14.1. The average Bonchev–Trinajstić information content (AvgIpc) is 3.08. The lowest BCUT2D eigenvalue weighted by molar-refractivity contribution is -0.00138. The smallest absolute Gasteiger partial charge is 0.147 e. The van der Waals surface area contributed by atoms with E-state index in [4.69, 9.17) is 22.1 Å². The molecule has 0 aliphatic carbocycles. The molecule has 0 amide bonds. The van der Waals surface area contributed by atoms with Crippen LogP contribution in [0.5, 0.6) is 5.75 Å². The van der Waals surface area contributed by atoms with Crippen molar-refractivity contribution in [3.05, 3.63) is 16.7 Å². The normalized spacial score (nSPS) is 17.2. The first-order valence-corrected chi connectivity index (χ1v) is 11.9. The van der Waals surface area contributed by atoms with Gasteiger partial charge >= 0.3 is 0 Å². The van der Waals surface area contributed by atoms with Gasteiger partial charge in [-0.15, -0.1) is 12.4 Å². The molecule has 1 aromatic rings. The second-order valence-electron chi connectivity index (χ2n) is 8.30. The highest BCUT2D eigenvalue weighted by molar-refractivity contribution is 6.34. The Kier molecular flexibility index (Phi) is 12.8. The van der Waals surface area contributed by atoms with Gasteiger partial charge in [0.05, 0.1) is 22.0 Å². The molecule has 1 unspecified atom stereocenters. The minimum Gasteiger partial charge on any atom is -0.505 e. The molecule has 1 aliphatic rings. The number of hydrogen-bond donors (Lipinski definition) is 2. The predicted molar refractivity (Wildman–Crippen MR) is 132 cm³/mol. The van der Waals surface area contributed by atoms with Crippen LogP contribution in [-0.2, 0) is 10.3 Å². The number of nitrogens with zero attached hydrogens (tertiary/aromatic N) is 1. The zero-order chi connectivity index (χ0) is 21.1. The summed E-state index contributed by atoms with van der Waals surface area (Å²) < 4.78 is 6.42. The molecule has 1 atom stereocenters. The molecule has 6 heteroatoms. The lowest BCUT2D eigenvalue weighted by Gasteiger charge is -2.29. The number of nitrogens with two attached hydrogens (primary N) is 1. The zero-order valence-electron chi connectivity index (χ0n) is 18.7. The fourth-order valence-electron chi connectivity index (χ4n) is 4.09. The average molecular weight is 460 g/mol. The molecule has 0 fully saturated rings. The van der Waals surface area contributed by atoms with E-state index in [1.54, 1.807) is 6.07 Å². The Labute approximate surface area is 194 Å². The van der Waals surface area contributed by atoms with E-state index in [1.807, 2.05) is 6.21 Å². The first-order valence-electron chi connectivity index (χ1n) is 11.6. The number of phenolic OH excluding ortho intramolecular Hbond substituents is 1. The standard InChI is InChI=1S/C24H39ClN2O2.ClH/c1-3-5-7-9-10-12-14-16-29-24(15-13-11-8-6-4-2)18-27-22-19(25)17-20(26)23(28)21(22)24;/h17-18,28H,3-16,26H2,1-2H3;1H. The number of fused-ring (bicyclic) bond motifs is 1. The molecule has 3 N–H and O–H groups in total. The summed E-state index contributed by atoms with van der Waals surface area (Å²) in [6, 6.07) is 1.57. The fraction of sp³-hybridized carbons (Fsp3) is 0.708. The maximum Gasteiger partial charge on any atom is 0.147 e. The maximum absolute atomic E-state index is 10.7. The number of hydrogen-bond acceptors (Lipinski definition) is 4. The minimum absolute atomic E-state index is 0. The quantitative estimate of drug-likeness (QED) is 0.158. The highest BCUT2D eigenvalue weighted by Crippen LogP contribution is 2.51. The molecule has 1 heterocycles. The number of anilines is 1. The van der Waals surface area contributed by atoms with Gasteiger partial charge in [-0.1, -0.05) is 89.7 Å². The molecule has 172 valence electrons. The van der Waals surface area contributed by atoms with Crippen LogP contribution in [-0.4, -0.2) is 17.9 Å². The van der Waals surface area contributed by atoms with Crippen LogP contribution in [0, 0.1) is 0 Å². The third kappa shape index (κ3) is 7.32. The van der Waals surface area contributed by atoms with Crippen molar-refractivity contribution in [2.75, 3.05) is 12.3 Å². The lowest BCUT2D eigenvalue weighted by Crippen LogP contribution is -2.30. The van der Waals surface area contributed by atoms with Gasteiger partial charge in [0, 0.05) is 12.8 Å². The van der Waals surface area contributed by atoms with Crippen LogP contribution in [0.15, 0.2) is 11.1 Å². The predicted octanol–water partition coefficient (Wildman–Crippen LogP) is 8.09. The third-order valence-corrected chi connectivity index (χ3v) is 6.13. The molecule has 30 heavy (non-hydrogen) atoms. The molecule has 0 radical (unpaired) electrons. The van der Waals surface area contributed by atoms with E-state index in [-0.39, 0.29) is 23.8 Å². The van der Waals surface area contributed by atoms with E-state index in [9.17, 15) is 5.11 Å². The van der Waals surface area contributed by atoms with Crippen molar-refractivity contribution < 1.29 is 9.84 Å². The lowest BCUT2D eigenvalue weighted by atomic mass is 9.88. The van der Waals surface area contributed by atoms with Crippen LogP contribution >= 0.6 is 24.0 Å². The molecule has 0 spiro atoms. The maximum atomic E-state index is 10.7. The topological polar surface area (TPSA) is 67.8 Å². The number of rotatable bonds is 15. The van der Waals surface area contributed by atoms with Gasteiger partial charge in [0.15, 0.2) is 0 Å². The highest BCUT2D eigenvalue weighted by atomic mass is 35.5. The fourth-order valence-corrected chi connectivity index (χ4v) is 4.35. The van der Waals surface area contributed by atoms with E-state index in [0.717, 1.165) is 25.7 Å². The van der Waals surface area contributed by atoms with Gasteiger partial charge in [-0.3, -0.25) is 4.99 Å². The summed E-state index contributed by atoms with van der Waals surface area (Å²) in [5.41, 5.74) is 6.83. The van der Waals surface area contributed by atoms with Crippen LogP contribution in [0.3, 0.4) is 0 Å². The van der Waals surface area contributed by atoms with Crippen molar-refractivity contribution in [2.24, 2.45) is 4.99 Å². The molecule has 1 aromatic carbocycles. The van der Waals surface area contributed by atoms with Gasteiger partial charge < -0.3 is 15.6 Å². The molecule has 0 bridgehead atoms. The first kappa shape index (κ1) is 27.1. The Hall–Kier alpha value is -0.970. The molecule has 0 saturated heterocycles. The number of aromatic hydroxyl groups is 1. The molecule has 0 saturated carbocycles. The molecular formula is C24H40Cl2N2O2. The van der Waals surface area contributed by atoms with Crippen molar-refractivity contribution in [3.8, 4) is 5.75 Å². The third-order valence-electron chi connectivity index (χ3n) is 5.84. The number of nitrogen functional groups attached to an aromatic ring is 1. The summed E-state index contributed by atoms with van der Waals surface area (Å²) in [4.78, 5) is 4.52. The summed E-state index contributed by atoms with van der Waals surface area (Å²) in [5, 5.41) is 11.2. The highest BCUT2D eigenvalue weighted by Gasteiger charge is 2.41. The van der Waals surface area contributed by atoms with Gasteiger partial charge in [-0.05, 0) is 25.3 Å². The Bertz CT molecular complexity index is 667. The van der Waals surface area contributed by atoms with Crippen LogP contribution in [0.25, 0.3) is 0 Å².